The van der Waals surface area contributed by atoms with Gasteiger partial charge >= 0.3 is 6.03 Å². The van der Waals surface area contributed by atoms with Crippen LogP contribution in [0.15, 0.2) is 61.1 Å². The Hall–Kier alpha value is -3.22. The molecule has 1 N–H and O–H groups in total. The van der Waals surface area contributed by atoms with Crippen LogP contribution >= 0.6 is 0 Å². The first-order valence-corrected chi connectivity index (χ1v) is 8.01. The van der Waals surface area contributed by atoms with Gasteiger partial charge in [-0.15, -0.1) is 0 Å². The Balaban J connectivity index is 1.61. The SMILES string of the molecule is CC(c1ccccn1)N(C)C(=O)Nc1ccn(Cc2ccccn2)n1. The predicted molar refractivity (Wildman–Crippen MR) is 95.0 cm³/mol. The highest BCUT2D eigenvalue weighted by Crippen LogP contribution is 2.17. The Bertz CT molecular complexity index is 818. The summed E-state index contributed by atoms with van der Waals surface area (Å²) in [5.74, 6) is 0.501. The van der Waals surface area contributed by atoms with Crippen molar-refractivity contribution in [2.75, 3.05) is 12.4 Å². The number of aromatic nitrogens is 4. The first-order chi connectivity index (χ1) is 12.1. The maximum Gasteiger partial charge on any atom is 0.323 e. The number of nitrogens with one attached hydrogen (secondary N) is 1. The van der Waals surface area contributed by atoms with E-state index in [1.807, 2.05) is 49.5 Å². The average Bonchev–Trinajstić information content (AvgIpc) is 3.08. The van der Waals surface area contributed by atoms with Crippen LogP contribution < -0.4 is 5.32 Å². The standard InChI is InChI=1S/C18H20N6O/c1-14(16-8-4-6-11-20-16)23(2)18(25)21-17-9-12-24(22-17)13-15-7-3-5-10-19-15/h3-12,14H,13H2,1-2H3,(H,21,22,25). The van der Waals surface area contributed by atoms with Crippen molar-refractivity contribution in [2.45, 2.75) is 19.5 Å². The Morgan fingerprint density at radius 3 is 2.60 bits per heavy atom. The van der Waals surface area contributed by atoms with Crippen LogP contribution in [0.3, 0.4) is 0 Å². The van der Waals surface area contributed by atoms with E-state index < -0.39 is 0 Å². The Kier molecular flexibility index (Phi) is 5.03. The normalized spacial score (nSPS) is 11.8. The minimum atomic E-state index is -0.235. The molecule has 0 aliphatic rings. The molecule has 0 radical (unpaired) electrons. The third-order valence-electron chi connectivity index (χ3n) is 3.94. The number of rotatable bonds is 5. The molecular weight excluding hydrogens is 316 g/mol. The van der Waals surface area contributed by atoms with Crippen LogP contribution in [0.4, 0.5) is 10.6 Å². The quantitative estimate of drug-likeness (QED) is 0.777. The van der Waals surface area contributed by atoms with E-state index in [2.05, 4.69) is 20.4 Å². The Morgan fingerprint density at radius 1 is 1.16 bits per heavy atom. The van der Waals surface area contributed by atoms with Gasteiger partial charge in [0.15, 0.2) is 5.82 Å². The maximum atomic E-state index is 12.4. The molecule has 1 atom stereocenters. The van der Waals surface area contributed by atoms with Gasteiger partial charge in [0.1, 0.15) is 0 Å². The molecule has 7 nitrogen and oxygen atoms in total. The second-order valence-electron chi connectivity index (χ2n) is 5.69. The molecule has 3 aromatic rings. The third kappa shape index (κ3) is 4.20. The van der Waals surface area contributed by atoms with Gasteiger partial charge in [-0.05, 0) is 31.2 Å². The van der Waals surface area contributed by atoms with E-state index in [9.17, 15) is 4.79 Å². The summed E-state index contributed by atoms with van der Waals surface area (Å²) in [6.07, 6.45) is 5.28. The monoisotopic (exact) mass is 336 g/mol. The highest BCUT2D eigenvalue weighted by atomic mass is 16.2. The second-order valence-corrected chi connectivity index (χ2v) is 5.69. The smallest absolute Gasteiger partial charge is 0.319 e. The van der Waals surface area contributed by atoms with E-state index in [1.54, 1.807) is 35.1 Å². The molecule has 0 saturated carbocycles. The first kappa shape index (κ1) is 16.6. The summed E-state index contributed by atoms with van der Waals surface area (Å²) in [5.41, 5.74) is 1.74. The van der Waals surface area contributed by atoms with E-state index in [4.69, 9.17) is 0 Å². The molecule has 0 aliphatic heterocycles. The van der Waals surface area contributed by atoms with Gasteiger partial charge in [0.25, 0.3) is 0 Å². The summed E-state index contributed by atoms with van der Waals surface area (Å²) in [4.78, 5) is 22.6. The highest BCUT2D eigenvalue weighted by Gasteiger charge is 2.18. The molecule has 3 heterocycles. The molecule has 0 spiro atoms. The number of hydrogen-bond donors (Lipinski definition) is 1. The summed E-state index contributed by atoms with van der Waals surface area (Å²) in [5, 5.41) is 7.17. The second kappa shape index (κ2) is 7.57. The lowest BCUT2D eigenvalue weighted by molar-refractivity contribution is 0.207. The summed E-state index contributed by atoms with van der Waals surface area (Å²) in [6, 6.07) is 12.8. The number of amides is 2. The topological polar surface area (TPSA) is 75.9 Å². The molecule has 128 valence electrons. The minimum Gasteiger partial charge on any atom is -0.319 e. The lowest BCUT2D eigenvalue weighted by Crippen LogP contribution is -2.34. The predicted octanol–water partition coefficient (Wildman–Crippen LogP) is 2.95. The fourth-order valence-corrected chi connectivity index (χ4v) is 2.37. The van der Waals surface area contributed by atoms with Gasteiger partial charge in [0, 0.05) is 31.7 Å². The van der Waals surface area contributed by atoms with Crippen molar-refractivity contribution in [1.29, 1.82) is 0 Å². The number of nitrogens with zero attached hydrogens (tertiary/aromatic N) is 5. The van der Waals surface area contributed by atoms with Crippen molar-refractivity contribution in [3.8, 4) is 0 Å². The zero-order chi connectivity index (χ0) is 17.6. The summed E-state index contributed by atoms with van der Waals surface area (Å²) < 4.78 is 1.74. The van der Waals surface area contributed by atoms with Crippen molar-refractivity contribution in [3.05, 3.63) is 72.4 Å². The van der Waals surface area contributed by atoms with E-state index in [1.165, 1.54) is 0 Å². The van der Waals surface area contributed by atoms with Gasteiger partial charge in [0.2, 0.25) is 0 Å². The van der Waals surface area contributed by atoms with Gasteiger partial charge in [-0.1, -0.05) is 12.1 Å². The van der Waals surface area contributed by atoms with Crippen molar-refractivity contribution in [2.24, 2.45) is 0 Å². The number of carbonyl (C=O) groups excluding carboxylic acids is 1. The number of anilines is 1. The number of carbonyl (C=O) groups is 1. The largest absolute Gasteiger partial charge is 0.323 e. The maximum absolute atomic E-state index is 12.4. The van der Waals surface area contributed by atoms with Gasteiger partial charge in [-0.25, -0.2) is 4.79 Å². The molecule has 0 saturated heterocycles. The Morgan fingerprint density at radius 2 is 1.92 bits per heavy atom. The van der Waals surface area contributed by atoms with Crippen LogP contribution in [-0.4, -0.2) is 37.7 Å². The van der Waals surface area contributed by atoms with Crippen molar-refractivity contribution in [1.82, 2.24) is 24.6 Å². The molecule has 0 aliphatic carbocycles. The molecule has 0 aromatic carbocycles. The van der Waals surface area contributed by atoms with Crippen LogP contribution in [0, 0.1) is 0 Å². The van der Waals surface area contributed by atoms with Crippen LogP contribution in [-0.2, 0) is 6.54 Å². The van der Waals surface area contributed by atoms with E-state index >= 15 is 0 Å². The molecule has 3 rings (SSSR count). The summed E-state index contributed by atoms with van der Waals surface area (Å²) in [7, 11) is 1.74. The fraction of sp³-hybridized carbons (Fsp3) is 0.222. The number of urea groups is 1. The number of pyridine rings is 2. The number of hydrogen-bond acceptors (Lipinski definition) is 4. The third-order valence-corrected chi connectivity index (χ3v) is 3.94. The van der Waals surface area contributed by atoms with Gasteiger partial charge in [-0.3, -0.25) is 20.0 Å². The van der Waals surface area contributed by atoms with Gasteiger partial charge in [0.05, 0.1) is 24.0 Å². The summed E-state index contributed by atoms with van der Waals surface area (Å²) >= 11 is 0. The average molecular weight is 336 g/mol. The van der Waals surface area contributed by atoms with E-state index in [0.29, 0.717) is 12.4 Å². The van der Waals surface area contributed by atoms with Crippen LogP contribution in [0.2, 0.25) is 0 Å². The van der Waals surface area contributed by atoms with Gasteiger partial charge in [-0.2, -0.15) is 5.10 Å². The molecule has 3 aromatic heterocycles. The van der Waals surface area contributed by atoms with E-state index in [0.717, 1.165) is 11.4 Å². The molecule has 7 heteroatoms. The molecule has 1 unspecified atom stereocenters. The molecule has 0 bridgehead atoms. The van der Waals surface area contributed by atoms with Crippen LogP contribution in [0.25, 0.3) is 0 Å². The van der Waals surface area contributed by atoms with Crippen molar-refractivity contribution < 1.29 is 4.79 Å². The minimum absolute atomic E-state index is 0.142. The lowest BCUT2D eigenvalue weighted by Gasteiger charge is -2.24. The molecule has 2 amide bonds. The van der Waals surface area contributed by atoms with Crippen LogP contribution in [0.5, 0.6) is 0 Å². The van der Waals surface area contributed by atoms with Crippen LogP contribution in [0.1, 0.15) is 24.4 Å². The highest BCUT2D eigenvalue weighted by molar-refractivity contribution is 5.88. The zero-order valence-corrected chi connectivity index (χ0v) is 14.2. The van der Waals surface area contributed by atoms with E-state index in [-0.39, 0.29) is 12.1 Å². The first-order valence-electron chi connectivity index (χ1n) is 8.01. The zero-order valence-electron chi connectivity index (χ0n) is 14.2. The molecule has 0 fully saturated rings. The lowest BCUT2D eigenvalue weighted by atomic mass is 10.2. The molecule has 25 heavy (non-hydrogen) atoms. The van der Waals surface area contributed by atoms with Crippen molar-refractivity contribution in [3.63, 3.8) is 0 Å². The summed E-state index contributed by atoms with van der Waals surface area (Å²) in [6.45, 7) is 2.48. The fourth-order valence-electron chi connectivity index (χ4n) is 2.37. The molecular formula is C18H20N6O. The van der Waals surface area contributed by atoms with Gasteiger partial charge < -0.3 is 4.90 Å². The van der Waals surface area contributed by atoms with Crippen molar-refractivity contribution >= 4 is 11.8 Å². The Labute approximate surface area is 146 Å².